The van der Waals surface area contributed by atoms with Crippen molar-refractivity contribution in [3.8, 4) is 0 Å². The minimum atomic E-state index is 0.598. The first-order valence-electron chi connectivity index (χ1n) is 7.22. The molecule has 1 aromatic carbocycles. The molecule has 0 amide bonds. The first-order chi connectivity index (χ1) is 10.6. The van der Waals surface area contributed by atoms with Gasteiger partial charge in [0.1, 0.15) is 0 Å². The van der Waals surface area contributed by atoms with Gasteiger partial charge < -0.3 is 15.4 Å². The third-order valence-corrected chi connectivity index (χ3v) is 3.46. The average Bonchev–Trinajstić information content (AvgIpc) is 2.77. The van der Waals surface area contributed by atoms with Crippen molar-refractivity contribution in [3.05, 3.63) is 47.3 Å². The second-order valence-electron chi connectivity index (χ2n) is 5.16. The van der Waals surface area contributed by atoms with Crippen LogP contribution >= 0.6 is 12.2 Å². The lowest BCUT2D eigenvalue weighted by atomic mass is 10.2. The molecule has 0 atom stereocenters. The van der Waals surface area contributed by atoms with Crippen LogP contribution in [0.3, 0.4) is 0 Å². The van der Waals surface area contributed by atoms with Gasteiger partial charge in [0.25, 0.3) is 0 Å². The van der Waals surface area contributed by atoms with Crippen LogP contribution in [0, 0.1) is 13.8 Å². The first kappa shape index (κ1) is 16.5. The predicted octanol–water partition coefficient (Wildman–Crippen LogP) is 2.48. The van der Waals surface area contributed by atoms with Crippen molar-refractivity contribution in [1.29, 1.82) is 0 Å². The summed E-state index contributed by atoms with van der Waals surface area (Å²) in [7, 11) is 1.67. The monoisotopic (exact) mass is 318 g/mol. The molecule has 0 unspecified atom stereocenters. The molecule has 118 valence electrons. The molecule has 2 N–H and O–H groups in total. The predicted molar refractivity (Wildman–Crippen MR) is 93.3 cm³/mol. The molecule has 0 spiro atoms. The molecule has 1 aromatic heterocycles. The summed E-state index contributed by atoms with van der Waals surface area (Å²) in [6.45, 7) is 6.13. The van der Waals surface area contributed by atoms with Gasteiger partial charge in [-0.1, -0.05) is 12.1 Å². The highest BCUT2D eigenvalue weighted by atomic mass is 32.1. The van der Waals surface area contributed by atoms with E-state index in [1.807, 2.05) is 23.7 Å². The Morgan fingerprint density at radius 1 is 1.32 bits per heavy atom. The Hall–Kier alpha value is -1.92. The summed E-state index contributed by atoms with van der Waals surface area (Å²) in [6, 6.07) is 10.3. The number of benzene rings is 1. The number of rotatable bonds is 6. The van der Waals surface area contributed by atoms with Gasteiger partial charge in [-0.3, -0.25) is 4.68 Å². The molecule has 1 heterocycles. The second kappa shape index (κ2) is 7.91. The fourth-order valence-corrected chi connectivity index (χ4v) is 2.42. The number of thiocarbonyl (C=S) groups is 1. The Morgan fingerprint density at radius 2 is 2.14 bits per heavy atom. The van der Waals surface area contributed by atoms with Crippen molar-refractivity contribution in [3.63, 3.8) is 0 Å². The number of hydrogen-bond donors (Lipinski definition) is 2. The molecular weight excluding hydrogens is 296 g/mol. The van der Waals surface area contributed by atoms with Crippen molar-refractivity contribution in [1.82, 2.24) is 15.1 Å². The number of hydrogen-bond acceptors (Lipinski definition) is 3. The molecule has 22 heavy (non-hydrogen) atoms. The molecule has 0 saturated carbocycles. The number of anilines is 1. The van der Waals surface area contributed by atoms with Crippen LogP contribution in [-0.2, 0) is 11.3 Å². The van der Waals surface area contributed by atoms with Gasteiger partial charge in [-0.05, 0) is 49.8 Å². The largest absolute Gasteiger partial charge is 0.383 e. The van der Waals surface area contributed by atoms with Crippen molar-refractivity contribution in [2.45, 2.75) is 20.4 Å². The van der Waals surface area contributed by atoms with E-state index >= 15 is 0 Å². The smallest absolute Gasteiger partial charge is 0.170 e. The number of nitrogens with one attached hydrogen (secondary N) is 2. The van der Waals surface area contributed by atoms with Crippen LogP contribution in [0.25, 0.3) is 0 Å². The van der Waals surface area contributed by atoms with Crippen molar-refractivity contribution in [2.24, 2.45) is 0 Å². The van der Waals surface area contributed by atoms with E-state index < -0.39 is 0 Å². The van der Waals surface area contributed by atoms with E-state index in [-0.39, 0.29) is 0 Å². The molecule has 0 radical (unpaired) electrons. The maximum Gasteiger partial charge on any atom is 0.170 e. The van der Waals surface area contributed by atoms with E-state index in [9.17, 15) is 0 Å². The van der Waals surface area contributed by atoms with Crippen LogP contribution in [0.2, 0.25) is 0 Å². The molecule has 0 saturated heterocycles. The lowest BCUT2D eigenvalue weighted by molar-refractivity contribution is 0.204. The molecule has 0 aliphatic heterocycles. The van der Waals surface area contributed by atoms with Crippen LogP contribution in [0.1, 0.15) is 17.0 Å². The Kier molecular flexibility index (Phi) is 5.91. The summed E-state index contributed by atoms with van der Waals surface area (Å²) in [5.74, 6) is 0. The van der Waals surface area contributed by atoms with Gasteiger partial charge in [0, 0.05) is 25.0 Å². The summed E-state index contributed by atoms with van der Waals surface area (Å²) >= 11 is 5.25. The van der Waals surface area contributed by atoms with E-state index in [0.717, 1.165) is 23.6 Å². The number of aromatic nitrogens is 2. The zero-order chi connectivity index (χ0) is 15.9. The van der Waals surface area contributed by atoms with Crippen LogP contribution in [-0.4, -0.2) is 35.2 Å². The zero-order valence-corrected chi connectivity index (χ0v) is 14.0. The fourth-order valence-electron chi connectivity index (χ4n) is 2.20. The number of aryl methyl sites for hydroxylation is 2. The molecule has 2 rings (SSSR count). The molecule has 2 aromatic rings. The Balaban J connectivity index is 1.98. The van der Waals surface area contributed by atoms with Gasteiger partial charge in [-0.2, -0.15) is 5.10 Å². The molecule has 0 bridgehead atoms. The lowest BCUT2D eigenvalue weighted by Gasteiger charge is -2.11. The van der Waals surface area contributed by atoms with Gasteiger partial charge >= 0.3 is 0 Å². The SMILES string of the molecule is COCCNC(=S)Nc1cccc(Cn2nc(C)cc2C)c1. The quantitative estimate of drug-likeness (QED) is 0.633. The van der Waals surface area contributed by atoms with Crippen molar-refractivity contribution < 1.29 is 4.74 Å². The van der Waals surface area contributed by atoms with E-state index in [1.54, 1.807) is 7.11 Å². The molecule has 0 aliphatic carbocycles. The highest BCUT2D eigenvalue weighted by molar-refractivity contribution is 7.80. The summed E-state index contributed by atoms with van der Waals surface area (Å²) in [5, 5.41) is 11.4. The minimum absolute atomic E-state index is 0.598. The standard InChI is InChI=1S/C16H22N4OS/c1-12-9-13(2)20(19-12)11-14-5-4-6-15(10-14)18-16(22)17-7-8-21-3/h4-6,9-10H,7-8,11H2,1-3H3,(H2,17,18,22). The maximum atomic E-state index is 5.25. The van der Waals surface area contributed by atoms with Gasteiger partial charge in [-0.25, -0.2) is 0 Å². The third kappa shape index (κ3) is 4.82. The molecule has 5 nitrogen and oxygen atoms in total. The molecular formula is C16H22N4OS. The summed E-state index contributed by atoms with van der Waals surface area (Å²) in [6.07, 6.45) is 0. The van der Waals surface area contributed by atoms with Gasteiger partial charge in [0.05, 0.1) is 18.8 Å². The Morgan fingerprint density at radius 3 is 2.82 bits per heavy atom. The normalized spacial score (nSPS) is 10.5. The summed E-state index contributed by atoms with van der Waals surface area (Å²) in [5.41, 5.74) is 4.34. The van der Waals surface area contributed by atoms with Gasteiger partial charge in [-0.15, -0.1) is 0 Å². The first-order valence-corrected chi connectivity index (χ1v) is 7.63. The van der Waals surface area contributed by atoms with Gasteiger partial charge in [0.15, 0.2) is 5.11 Å². The Bertz CT molecular complexity index is 639. The minimum Gasteiger partial charge on any atom is -0.383 e. The van der Waals surface area contributed by atoms with Crippen LogP contribution in [0.4, 0.5) is 5.69 Å². The summed E-state index contributed by atoms with van der Waals surface area (Å²) < 4.78 is 6.99. The van der Waals surface area contributed by atoms with E-state index in [0.29, 0.717) is 18.3 Å². The molecule has 0 aliphatic rings. The van der Waals surface area contributed by atoms with E-state index in [1.165, 1.54) is 5.56 Å². The lowest BCUT2D eigenvalue weighted by Crippen LogP contribution is -2.31. The summed E-state index contributed by atoms with van der Waals surface area (Å²) in [4.78, 5) is 0. The second-order valence-corrected chi connectivity index (χ2v) is 5.57. The fraction of sp³-hybridized carbons (Fsp3) is 0.375. The van der Waals surface area contributed by atoms with Gasteiger partial charge in [0.2, 0.25) is 0 Å². The molecule has 0 fully saturated rings. The van der Waals surface area contributed by atoms with Crippen molar-refractivity contribution >= 4 is 23.0 Å². The highest BCUT2D eigenvalue weighted by Gasteiger charge is 2.03. The number of nitrogens with zero attached hydrogens (tertiary/aromatic N) is 2. The average molecular weight is 318 g/mol. The Labute approximate surface area is 136 Å². The number of ether oxygens (including phenoxy) is 1. The molecule has 6 heteroatoms. The van der Waals surface area contributed by atoms with Crippen LogP contribution in [0.5, 0.6) is 0 Å². The van der Waals surface area contributed by atoms with Crippen LogP contribution in [0.15, 0.2) is 30.3 Å². The zero-order valence-electron chi connectivity index (χ0n) is 13.2. The van der Waals surface area contributed by atoms with Crippen LogP contribution < -0.4 is 10.6 Å². The topological polar surface area (TPSA) is 51.1 Å². The third-order valence-electron chi connectivity index (χ3n) is 3.21. The maximum absolute atomic E-state index is 5.25. The number of methoxy groups -OCH3 is 1. The van der Waals surface area contributed by atoms with Crippen molar-refractivity contribution in [2.75, 3.05) is 25.6 Å². The van der Waals surface area contributed by atoms with E-state index in [2.05, 4.69) is 40.9 Å². The van der Waals surface area contributed by atoms with E-state index in [4.69, 9.17) is 17.0 Å². The highest BCUT2D eigenvalue weighted by Crippen LogP contribution is 2.13.